The number of aromatic hydroxyl groups is 2. The van der Waals surface area contributed by atoms with Gasteiger partial charge < -0.3 is 20.6 Å². The molecule has 6 nitrogen and oxygen atoms in total. The summed E-state index contributed by atoms with van der Waals surface area (Å²) in [6.07, 6.45) is 0.657. The first-order valence-electron chi connectivity index (χ1n) is 7.37. The first-order chi connectivity index (χ1) is 11.5. The minimum Gasteiger partial charge on any atom is -0.504 e. The highest BCUT2D eigenvalue weighted by Crippen LogP contribution is 2.27. The number of hydrogen-bond acceptors (Lipinski definition) is 5. The average Bonchev–Trinajstić information content (AvgIpc) is 2.61. The molecule has 122 valence electrons. The van der Waals surface area contributed by atoms with E-state index in [1.54, 1.807) is 18.3 Å². The Morgan fingerprint density at radius 1 is 1.08 bits per heavy atom. The first kappa shape index (κ1) is 15.8. The molecule has 2 aromatic carbocycles. The number of carbonyl (C=O) groups is 1. The average molecular weight is 324 g/mol. The molecule has 0 saturated heterocycles. The fraction of sp³-hybridized carbons (Fsp3) is 0.111. The molecule has 6 heteroatoms. The number of amides is 1. The summed E-state index contributed by atoms with van der Waals surface area (Å²) in [5.74, 6) is -0.915. The number of hydrogen-bond donors (Lipinski definition) is 4. The van der Waals surface area contributed by atoms with Crippen LogP contribution < -0.4 is 5.32 Å². The van der Waals surface area contributed by atoms with Crippen molar-refractivity contribution in [3.05, 3.63) is 65.9 Å². The Morgan fingerprint density at radius 2 is 1.92 bits per heavy atom. The number of carbonyl (C=O) groups excluding carboxylic acids is 1. The predicted octanol–water partition coefficient (Wildman–Crippen LogP) is 2.11. The maximum absolute atomic E-state index is 12.2. The molecular formula is C18H16N2O4. The summed E-state index contributed by atoms with van der Waals surface area (Å²) in [5.41, 5.74) is 1.56. The Hall–Kier alpha value is -3.12. The topological polar surface area (TPSA) is 103 Å². The van der Waals surface area contributed by atoms with Gasteiger partial charge >= 0.3 is 0 Å². The lowest BCUT2D eigenvalue weighted by molar-refractivity contribution is 0.0916. The van der Waals surface area contributed by atoms with Gasteiger partial charge in [-0.05, 0) is 35.9 Å². The number of benzene rings is 2. The van der Waals surface area contributed by atoms with Crippen LogP contribution in [0.4, 0.5) is 0 Å². The van der Waals surface area contributed by atoms with Gasteiger partial charge in [0.2, 0.25) is 0 Å². The van der Waals surface area contributed by atoms with Crippen LogP contribution in [0.3, 0.4) is 0 Å². The number of nitrogens with one attached hydrogen (secondary N) is 1. The van der Waals surface area contributed by atoms with E-state index in [1.165, 1.54) is 18.2 Å². The second kappa shape index (κ2) is 6.55. The van der Waals surface area contributed by atoms with Crippen LogP contribution >= 0.6 is 0 Å². The summed E-state index contributed by atoms with van der Waals surface area (Å²) < 4.78 is 0. The van der Waals surface area contributed by atoms with Crippen LogP contribution in [0.1, 0.15) is 22.0 Å². The summed E-state index contributed by atoms with van der Waals surface area (Å²) in [5, 5.41) is 32.4. The summed E-state index contributed by atoms with van der Waals surface area (Å²) in [6.45, 7) is -0.0245. The Bertz CT molecular complexity index is 895. The molecule has 0 saturated carbocycles. The Labute approximate surface area is 138 Å². The molecule has 0 aliphatic heterocycles. The third-order valence-corrected chi connectivity index (χ3v) is 3.71. The SMILES string of the molecule is O=C(NC[C@H](O)c1ccc(O)c(O)c1)c1ccc2cccnc2c1. The van der Waals surface area contributed by atoms with Crippen LogP contribution in [0.2, 0.25) is 0 Å². The summed E-state index contributed by atoms with van der Waals surface area (Å²) in [7, 11) is 0. The van der Waals surface area contributed by atoms with E-state index in [0.717, 1.165) is 5.39 Å². The van der Waals surface area contributed by atoms with Crippen molar-refractivity contribution in [3.63, 3.8) is 0 Å². The van der Waals surface area contributed by atoms with Crippen molar-refractivity contribution in [1.82, 2.24) is 10.3 Å². The van der Waals surface area contributed by atoms with Crippen molar-refractivity contribution in [1.29, 1.82) is 0 Å². The van der Waals surface area contributed by atoms with Gasteiger partial charge in [-0.3, -0.25) is 9.78 Å². The molecule has 3 aromatic rings. The zero-order chi connectivity index (χ0) is 17.1. The molecular weight excluding hydrogens is 308 g/mol. The van der Waals surface area contributed by atoms with Crippen molar-refractivity contribution in [2.45, 2.75) is 6.10 Å². The molecule has 1 atom stereocenters. The van der Waals surface area contributed by atoms with E-state index in [2.05, 4.69) is 10.3 Å². The van der Waals surface area contributed by atoms with Crippen molar-refractivity contribution in [2.75, 3.05) is 6.54 Å². The summed E-state index contributed by atoms with van der Waals surface area (Å²) in [6, 6.07) is 12.9. The molecule has 0 fully saturated rings. The maximum Gasteiger partial charge on any atom is 0.251 e. The van der Waals surface area contributed by atoms with Gasteiger partial charge in [-0.2, -0.15) is 0 Å². The van der Waals surface area contributed by atoms with E-state index < -0.39 is 6.10 Å². The van der Waals surface area contributed by atoms with E-state index >= 15 is 0 Å². The molecule has 24 heavy (non-hydrogen) atoms. The lowest BCUT2D eigenvalue weighted by atomic mass is 10.1. The van der Waals surface area contributed by atoms with Crippen LogP contribution in [0, 0.1) is 0 Å². The van der Waals surface area contributed by atoms with Crippen molar-refractivity contribution in [3.8, 4) is 11.5 Å². The second-order valence-corrected chi connectivity index (χ2v) is 5.38. The van der Waals surface area contributed by atoms with Gasteiger partial charge in [0.1, 0.15) is 0 Å². The third kappa shape index (κ3) is 3.28. The lowest BCUT2D eigenvalue weighted by Gasteiger charge is -2.13. The van der Waals surface area contributed by atoms with E-state index in [0.29, 0.717) is 16.6 Å². The van der Waals surface area contributed by atoms with Gasteiger partial charge in [-0.25, -0.2) is 0 Å². The number of fused-ring (bicyclic) bond motifs is 1. The highest BCUT2D eigenvalue weighted by Gasteiger charge is 2.13. The number of phenolic OH excluding ortho intramolecular Hbond substituents is 2. The van der Waals surface area contributed by atoms with E-state index in [-0.39, 0.29) is 24.0 Å². The van der Waals surface area contributed by atoms with E-state index in [4.69, 9.17) is 0 Å². The number of nitrogens with zero attached hydrogens (tertiary/aromatic N) is 1. The predicted molar refractivity (Wildman–Crippen MR) is 88.8 cm³/mol. The Balaban J connectivity index is 1.68. The first-order valence-corrected chi connectivity index (χ1v) is 7.37. The number of rotatable bonds is 4. The lowest BCUT2D eigenvalue weighted by Crippen LogP contribution is -2.28. The Morgan fingerprint density at radius 3 is 2.71 bits per heavy atom. The van der Waals surface area contributed by atoms with Gasteiger partial charge in [0.25, 0.3) is 5.91 Å². The van der Waals surface area contributed by atoms with Crippen LogP contribution in [0.15, 0.2) is 54.7 Å². The molecule has 0 unspecified atom stereocenters. The van der Waals surface area contributed by atoms with Crippen LogP contribution in [-0.2, 0) is 0 Å². The van der Waals surface area contributed by atoms with Crippen molar-refractivity contribution in [2.24, 2.45) is 0 Å². The highest BCUT2D eigenvalue weighted by molar-refractivity contribution is 5.97. The standard InChI is InChI=1S/C18H16N2O4/c21-15-6-5-12(9-16(15)22)17(23)10-20-18(24)13-4-3-11-2-1-7-19-14(11)8-13/h1-9,17,21-23H,10H2,(H,20,24)/t17-/m0/s1. The maximum atomic E-state index is 12.2. The monoisotopic (exact) mass is 324 g/mol. The molecule has 1 aromatic heterocycles. The third-order valence-electron chi connectivity index (χ3n) is 3.71. The fourth-order valence-corrected chi connectivity index (χ4v) is 2.36. The second-order valence-electron chi connectivity index (χ2n) is 5.38. The minimum atomic E-state index is -1.00. The van der Waals surface area contributed by atoms with Gasteiger partial charge in [0, 0.05) is 23.7 Å². The molecule has 0 radical (unpaired) electrons. The summed E-state index contributed by atoms with van der Waals surface area (Å²) >= 11 is 0. The molecule has 1 heterocycles. The largest absolute Gasteiger partial charge is 0.504 e. The zero-order valence-electron chi connectivity index (χ0n) is 12.7. The molecule has 3 rings (SSSR count). The zero-order valence-corrected chi connectivity index (χ0v) is 12.7. The molecule has 1 amide bonds. The molecule has 4 N–H and O–H groups in total. The normalized spacial score (nSPS) is 12.0. The van der Waals surface area contributed by atoms with Gasteiger partial charge in [-0.1, -0.05) is 18.2 Å². The highest BCUT2D eigenvalue weighted by atomic mass is 16.3. The van der Waals surface area contributed by atoms with Gasteiger partial charge in [-0.15, -0.1) is 0 Å². The number of aliphatic hydroxyl groups excluding tert-OH is 1. The van der Waals surface area contributed by atoms with Crippen LogP contribution in [0.25, 0.3) is 10.9 Å². The van der Waals surface area contributed by atoms with E-state index in [1.807, 2.05) is 18.2 Å². The molecule has 0 spiro atoms. The van der Waals surface area contributed by atoms with Crippen molar-refractivity contribution >= 4 is 16.8 Å². The van der Waals surface area contributed by atoms with E-state index in [9.17, 15) is 20.1 Å². The number of aliphatic hydroxyl groups is 1. The summed E-state index contributed by atoms with van der Waals surface area (Å²) in [4.78, 5) is 16.4. The molecule has 0 bridgehead atoms. The smallest absolute Gasteiger partial charge is 0.251 e. The number of aromatic nitrogens is 1. The number of pyridine rings is 1. The van der Waals surface area contributed by atoms with Gasteiger partial charge in [0.05, 0.1) is 11.6 Å². The quantitative estimate of drug-likeness (QED) is 0.551. The molecule has 0 aliphatic rings. The Kier molecular flexibility index (Phi) is 4.31. The van der Waals surface area contributed by atoms with Crippen molar-refractivity contribution < 1.29 is 20.1 Å². The minimum absolute atomic E-state index is 0.0245. The fourth-order valence-electron chi connectivity index (χ4n) is 2.36. The number of phenols is 2. The van der Waals surface area contributed by atoms with Crippen LogP contribution in [-0.4, -0.2) is 32.8 Å². The van der Waals surface area contributed by atoms with Gasteiger partial charge in [0.15, 0.2) is 11.5 Å². The molecule has 0 aliphatic carbocycles. The van der Waals surface area contributed by atoms with Crippen LogP contribution in [0.5, 0.6) is 11.5 Å².